The molecule has 1 aromatic heterocycles. The van der Waals surface area contributed by atoms with E-state index in [2.05, 4.69) is 31.9 Å². The van der Waals surface area contributed by atoms with E-state index in [0.717, 1.165) is 25.1 Å². The van der Waals surface area contributed by atoms with Gasteiger partial charge in [0, 0.05) is 20.2 Å². The minimum atomic E-state index is -0.600. The number of benzene rings is 1. The second-order valence-corrected chi connectivity index (χ2v) is 7.40. The molecular weight excluding hydrogens is 415 g/mol. The Bertz CT molecular complexity index is 567. The molecule has 1 atom stereocenters. The van der Waals surface area contributed by atoms with E-state index >= 15 is 0 Å². The lowest BCUT2D eigenvalue weighted by atomic mass is 10.1. The second-order valence-electron chi connectivity index (χ2n) is 3.95. The summed E-state index contributed by atoms with van der Waals surface area (Å²) in [7, 11) is 1.62. The van der Waals surface area contributed by atoms with Gasteiger partial charge in [0.25, 0.3) is 0 Å². The van der Waals surface area contributed by atoms with Gasteiger partial charge in [0.2, 0.25) is 0 Å². The highest BCUT2D eigenvalue weighted by molar-refractivity contribution is 9.10. The van der Waals surface area contributed by atoms with Gasteiger partial charge < -0.3 is 9.84 Å². The molecule has 0 fully saturated rings. The standard InChI is InChI=1S/C13H11Br2ClO2S/c1-18-11-3-2-8(14)4-7(11)5-10(17)12-6-9(15)13(16)19-12/h2-4,6,10,17H,5H2,1H3. The molecule has 2 nitrogen and oxygen atoms in total. The number of rotatable bonds is 4. The molecule has 19 heavy (non-hydrogen) atoms. The fourth-order valence-electron chi connectivity index (χ4n) is 1.74. The molecule has 0 amide bonds. The van der Waals surface area contributed by atoms with E-state index in [1.54, 1.807) is 7.11 Å². The minimum Gasteiger partial charge on any atom is -0.496 e. The molecule has 0 spiro atoms. The van der Waals surface area contributed by atoms with Crippen LogP contribution in [0.15, 0.2) is 33.2 Å². The summed E-state index contributed by atoms with van der Waals surface area (Å²) in [6, 6.07) is 7.59. The van der Waals surface area contributed by atoms with Crippen molar-refractivity contribution in [3.8, 4) is 5.75 Å². The van der Waals surface area contributed by atoms with Gasteiger partial charge in [-0.25, -0.2) is 0 Å². The topological polar surface area (TPSA) is 29.5 Å². The van der Waals surface area contributed by atoms with E-state index in [-0.39, 0.29) is 0 Å². The average molecular weight is 427 g/mol. The highest BCUT2D eigenvalue weighted by atomic mass is 79.9. The number of thiophene rings is 1. The van der Waals surface area contributed by atoms with Crippen LogP contribution >= 0.6 is 54.8 Å². The third kappa shape index (κ3) is 3.73. The number of aliphatic hydroxyl groups is 1. The first-order valence-corrected chi connectivity index (χ1v) is 8.24. The summed E-state index contributed by atoms with van der Waals surface area (Å²) in [6.07, 6.45) is -0.122. The van der Waals surface area contributed by atoms with Crippen LogP contribution in [0.2, 0.25) is 4.34 Å². The SMILES string of the molecule is COc1ccc(Br)cc1CC(O)c1cc(Br)c(Cl)s1. The lowest BCUT2D eigenvalue weighted by Gasteiger charge is -2.12. The van der Waals surface area contributed by atoms with Crippen LogP contribution in [-0.4, -0.2) is 12.2 Å². The molecule has 0 bridgehead atoms. The van der Waals surface area contributed by atoms with E-state index in [9.17, 15) is 5.11 Å². The van der Waals surface area contributed by atoms with Crippen LogP contribution in [0.5, 0.6) is 5.75 Å². The van der Waals surface area contributed by atoms with Gasteiger partial charge in [0.15, 0.2) is 0 Å². The summed E-state index contributed by atoms with van der Waals surface area (Å²) in [6.45, 7) is 0. The zero-order valence-electron chi connectivity index (χ0n) is 9.99. The van der Waals surface area contributed by atoms with Crippen molar-refractivity contribution in [3.63, 3.8) is 0 Å². The summed E-state index contributed by atoms with van der Waals surface area (Å²) in [5.74, 6) is 0.768. The van der Waals surface area contributed by atoms with Crippen molar-refractivity contribution in [2.24, 2.45) is 0 Å². The molecular formula is C13H11Br2ClO2S. The van der Waals surface area contributed by atoms with Crippen molar-refractivity contribution in [3.05, 3.63) is 48.0 Å². The van der Waals surface area contributed by atoms with E-state index in [1.165, 1.54) is 11.3 Å². The number of halogens is 3. The van der Waals surface area contributed by atoms with Gasteiger partial charge in [-0.15, -0.1) is 11.3 Å². The highest BCUT2D eigenvalue weighted by Gasteiger charge is 2.16. The van der Waals surface area contributed by atoms with Crippen LogP contribution < -0.4 is 4.74 Å². The molecule has 0 aliphatic rings. The molecule has 1 unspecified atom stereocenters. The van der Waals surface area contributed by atoms with E-state index < -0.39 is 6.10 Å². The Labute approximate surface area is 137 Å². The molecule has 0 aliphatic carbocycles. The maximum atomic E-state index is 10.3. The van der Waals surface area contributed by atoms with E-state index in [4.69, 9.17) is 16.3 Å². The van der Waals surface area contributed by atoms with Gasteiger partial charge in [-0.1, -0.05) is 27.5 Å². The van der Waals surface area contributed by atoms with E-state index in [1.807, 2.05) is 24.3 Å². The fraction of sp³-hybridized carbons (Fsp3) is 0.231. The fourth-order valence-corrected chi connectivity index (χ4v) is 3.87. The molecule has 1 heterocycles. The van der Waals surface area contributed by atoms with Crippen molar-refractivity contribution in [1.82, 2.24) is 0 Å². The molecule has 2 aromatic rings. The molecule has 1 N–H and O–H groups in total. The van der Waals surface area contributed by atoms with Gasteiger partial charge >= 0.3 is 0 Å². The smallest absolute Gasteiger partial charge is 0.122 e. The maximum Gasteiger partial charge on any atom is 0.122 e. The Hall–Kier alpha value is -0.0700. The Morgan fingerprint density at radius 3 is 2.68 bits per heavy atom. The largest absolute Gasteiger partial charge is 0.496 e. The second kappa shape index (κ2) is 6.59. The number of aliphatic hydroxyl groups excluding tert-OH is 1. The normalized spacial score (nSPS) is 12.5. The molecule has 0 saturated carbocycles. The predicted octanol–water partition coefficient (Wildman–Crippen LogP) is 5.21. The first-order chi connectivity index (χ1) is 9.01. The van der Waals surface area contributed by atoms with E-state index in [0.29, 0.717) is 10.8 Å². The summed E-state index contributed by atoms with van der Waals surface area (Å²) in [4.78, 5) is 0.832. The lowest BCUT2D eigenvalue weighted by Crippen LogP contribution is -2.01. The Kier molecular flexibility index (Phi) is 5.31. The van der Waals surface area contributed by atoms with Crippen LogP contribution in [0, 0.1) is 0 Å². The zero-order chi connectivity index (χ0) is 14.0. The molecule has 0 radical (unpaired) electrons. The Morgan fingerprint density at radius 2 is 2.11 bits per heavy atom. The molecule has 102 valence electrons. The van der Waals surface area contributed by atoms with Gasteiger partial charge in [0.1, 0.15) is 10.1 Å². The zero-order valence-corrected chi connectivity index (χ0v) is 14.7. The monoisotopic (exact) mass is 424 g/mol. The lowest BCUT2D eigenvalue weighted by molar-refractivity contribution is 0.181. The summed E-state index contributed by atoms with van der Waals surface area (Å²) >= 11 is 14.1. The van der Waals surface area contributed by atoms with Crippen molar-refractivity contribution in [1.29, 1.82) is 0 Å². The predicted molar refractivity (Wildman–Crippen MR) is 86.4 cm³/mol. The van der Waals surface area contributed by atoms with Crippen molar-refractivity contribution >= 4 is 54.8 Å². The van der Waals surface area contributed by atoms with Gasteiger partial charge in [0.05, 0.1) is 13.2 Å². The van der Waals surface area contributed by atoms with Gasteiger partial charge in [-0.3, -0.25) is 0 Å². The highest BCUT2D eigenvalue weighted by Crippen LogP contribution is 2.37. The van der Waals surface area contributed by atoms with Crippen LogP contribution in [0.1, 0.15) is 16.5 Å². The molecule has 0 saturated heterocycles. The summed E-state index contributed by atoms with van der Waals surface area (Å²) in [5, 5.41) is 10.3. The minimum absolute atomic E-state index is 0.478. The van der Waals surface area contributed by atoms with Crippen molar-refractivity contribution in [2.75, 3.05) is 7.11 Å². The van der Waals surface area contributed by atoms with Gasteiger partial charge in [-0.2, -0.15) is 0 Å². The summed E-state index contributed by atoms with van der Waals surface area (Å²) in [5.41, 5.74) is 0.949. The third-order valence-corrected chi connectivity index (χ3v) is 5.72. The number of hydrogen-bond donors (Lipinski definition) is 1. The summed E-state index contributed by atoms with van der Waals surface area (Å²) < 4.78 is 7.72. The van der Waals surface area contributed by atoms with Crippen LogP contribution in [0.4, 0.5) is 0 Å². The average Bonchev–Trinajstić information content (AvgIpc) is 2.70. The first kappa shape index (κ1) is 15.3. The molecule has 6 heteroatoms. The van der Waals surface area contributed by atoms with Crippen molar-refractivity contribution in [2.45, 2.75) is 12.5 Å². The van der Waals surface area contributed by atoms with Crippen LogP contribution in [0.3, 0.4) is 0 Å². The Morgan fingerprint density at radius 1 is 1.37 bits per heavy atom. The Balaban J connectivity index is 2.23. The number of hydrogen-bond acceptors (Lipinski definition) is 3. The molecule has 0 aliphatic heterocycles. The van der Waals surface area contributed by atoms with Gasteiger partial charge in [-0.05, 0) is 45.8 Å². The van der Waals surface area contributed by atoms with Crippen LogP contribution in [0.25, 0.3) is 0 Å². The number of methoxy groups -OCH3 is 1. The van der Waals surface area contributed by atoms with Crippen LogP contribution in [-0.2, 0) is 6.42 Å². The molecule has 1 aromatic carbocycles. The third-order valence-electron chi connectivity index (χ3n) is 2.65. The van der Waals surface area contributed by atoms with Crippen molar-refractivity contribution < 1.29 is 9.84 Å². The maximum absolute atomic E-state index is 10.3. The molecule has 2 rings (SSSR count). The first-order valence-electron chi connectivity index (χ1n) is 5.46. The number of ether oxygens (including phenoxy) is 1. The quantitative estimate of drug-likeness (QED) is 0.727.